The normalized spacial score (nSPS) is 10.9. The van der Waals surface area contributed by atoms with Gasteiger partial charge in [-0.05, 0) is 17.5 Å². The van der Waals surface area contributed by atoms with E-state index in [0.29, 0.717) is 5.69 Å². The van der Waals surface area contributed by atoms with Gasteiger partial charge in [0.15, 0.2) is 0 Å². The van der Waals surface area contributed by atoms with Crippen molar-refractivity contribution < 1.29 is 9.50 Å². The molecular formula is C13H13FN2O3. The first-order valence-electron chi connectivity index (χ1n) is 5.76. The van der Waals surface area contributed by atoms with Crippen molar-refractivity contribution in [2.45, 2.75) is 19.8 Å². The van der Waals surface area contributed by atoms with E-state index in [4.69, 9.17) is 0 Å². The van der Waals surface area contributed by atoms with Gasteiger partial charge in [-0.15, -0.1) is 0 Å². The van der Waals surface area contributed by atoms with E-state index in [-0.39, 0.29) is 5.92 Å². The SMILES string of the molecule is CC(C)c1ccccc1-n1c(O)c(F)c(=O)[nH]c1=O. The number of nitrogens with one attached hydrogen (secondary N) is 1. The number of rotatable bonds is 2. The van der Waals surface area contributed by atoms with Crippen molar-refractivity contribution in [2.75, 3.05) is 0 Å². The Hall–Kier alpha value is -2.37. The highest BCUT2D eigenvalue weighted by Gasteiger charge is 2.17. The molecule has 0 bridgehead atoms. The van der Waals surface area contributed by atoms with Crippen molar-refractivity contribution in [3.8, 4) is 11.6 Å². The molecule has 0 aliphatic heterocycles. The van der Waals surface area contributed by atoms with Crippen LogP contribution in [0.2, 0.25) is 0 Å². The largest absolute Gasteiger partial charge is 0.492 e. The van der Waals surface area contributed by atoms with Crippen molar-refractivity contribution in [1.82, 2.24) is 9.55 Å². The monoisotopic (exact) mass is 264 g/mol. The third-order valence-corrected chi connectivity index (χ3v) is 2.83. The third kappa shape index (κ3) is 2.16. The van der Waals surface area contributed by atoms with Crippen LogP contribution in [0.3, 0.4) is 0 Å². The van der Waals surface area contributed by atoms with Gasteiger partial charge in [-0.1, -0.05) is 32.0 Å². The lowest BCUT2D eigenvalue weighted by Gasteiger charge is -2.15. The summed E-state index contributed by atoms with van der Waals surface area (Å²) in [6.07, 6.45) is 0. The van der Waals surface area contributed by atoms with E-state index in [1.54, 1.807) is 24.3 Å². The molecular weight excluding hydrogens is 251 g/mol. The van der Waals surface area contributed by atoms with Gasteiger partial charge in [-0.2, -0.15) is 4.39 Å². The molecule has 2 aromatic rings. The molecule has 100 valence electrons. The van der Waals surface area contributed by atoms with Crippen molar-refractivity contribution in [3.63, 3.8) is 0 Å². The van der Waals surface area contributed by atoms with E-state index in [2.05, 4.69) is 0 Å². The van der Waals surface area contributed by atoms with E-state index in [0.717, 1.165) is 10.1 Å². The first kappa shape index (κ1) is 13.1. The number of aromatic amines is 1. The summed E-state index contributed by atoms with van der Waals surface area (Å²) in [6.45, 7) is 3.81. The predicted molar refractivity (Wildman–Crippen MR) is 68.4 cm³/mol. The summed E-state index contributed by atoms with van der Waals surface area (Å²) in [5, 5.41) is 9.69. The number of hydrogen-bond acceptors (Lipinski definition) is 3. The van der Waals surface area contributed by atoms with Gasteiger partial charge in [0.05, 0.1) is 5.69 Å². The van der Waals surface area contributed by atoms with Gasteiger partial charge in [-0.3, -0.25) is 9.78 Å². The van der Waals surface area contributed by atoms with Crippen LogP contribution >= 0.6 is 0 Å². The van der Waals surface area contributed by atoms with Crippen molar-refractivity contribution >= 4 is 0 Å². The highest BCUT2D eigenvalue weighted by atomic mass is 19.1. The summed E-state index contributed by atoms with van der Waals surface area (Å²) >= 11 is 0. The number of aromatic nitrogens is 2. The fourth-order valence-electron chi connectivity index (χ4n) is 1.91. The standard InChI is InChI=1S/C13H13FN2O3/c1-7(2)8-5-3-4-6-9(8)16-12(18)10(14)11(17)15-13(16)19/h3-7,18H,1-2H3,(H,15,17,19). The van der Waals surface area contributed by atoms with Gasteiger partial charge in [0.2, 0.25) is 11.7 Å². The Balaban J connectivity index is 2.84. The molecule has 0 aliphatic rings. The molecule has 2 N–H and O–H groups in total. The molecule has 19 heavy (non-hydrogen) atoms. The fourth-order valence-corrected chi connectivity index (χ4v) is 1.91. The lowest BCUT2D eigenvalue weighted by Crippen LogP contribution is -2.31. The molecule has 0 spiro atoms. The Morgan fingerprint density at radius 1 is 1.26 bits per heavy atom. The van der Waals surface area contributed by atoms with Gasteiger partial charge in [-0.25, -0.2) is 9.36 Å². The van der Waals surface area contributed by atoms with E-state index in [1.807, 2.05) is 18.8 Å². The van der Waals surface area contributed by atoms with E-state index >= 15 is 0 Å². The molecule has 1 aromatic heterocycles. The molecule has 5 nitrogen and oxygen atoms in total. The van der Waals surface area contributed by atoms with Crippen LogP contribution in [0, 0.1) is 5.82 Å². The number of halogens is 1. The Morgan fingerprint density at radius 3 is 2.53 bits per heavy atom. The minimum Gasteiger partial charge on any atom is -0.492 e. The number of H-pyrrole nitrogens is 1. The number of hydrogen-bond donors (Lipinski definition) is 2. The Labute approximate surface area is 108 Å². The van der Waals surface area contributed by atoms with Crippen LogP contribution in [0.1, 0.15) is 25.3 Å². The average molecular weight is 264 g/mol. The van der Waals surface area contributed by atoms with Crippen molar-refractivity contribution in [1.29, 1.82) is 0 Å². The molecule has 2 rings (SSSR count). The minimum absolute atomic E-state index is 0.0671. The van der Waals surface area contributed by atoms with Crippen LogP contribution in [0.5, 0.6) is 5.88 Å². The van der Waals surface area contributed by atoms with E-state index in [9.17, 15) is 19.1 Å². The second kappa shape index (κ2) is 4.72. The molecule has 0 radical (unpaired) electrons. The van der Waals surface area contributed by atoms with Crippen LogP contribution in [0.4, 0.5) is 4.39 Å². The van der Waals surface area contributed by atoms with Crippen LogP contribution in [-0.4, -0.2) is 14.7 Å². The maximum atomic E-state index is 13.4. The molecule has 1 heterocycles. The van der Waals surface area contributed by atoms with Gasteiger partial charge in [0, 0.05) is 0 Å². The molecule has 0 atom stereocenters. The Morgan fingerprint density at radius 2 is 1.89 bits per heavy atom. The third-order valence-electron chi connectivity index (χ3n) is 2.83. The first-order valence-corrected chi connectivity index (χ1v) is 5.76. The summed E-state index contributed by atoms with van der Waals surface area (Å²) in [6, 6.07) is 6.79. The number of aromatic hydroxyl groups is 1. The molecule has 0 amide bonds. The lowest BCUT2D eigenvalue weighted by atomic mass is 10.0. The second-order valence-electron chi connectivity index (χ2n) is 4.45. The highest BCUT2D eigenvalue weighted by Crippen LogP contribution is 2.24. The summed E-state index contributed by atoms with van der Waals surface area (Å²) in [5.41, 5.74) is -1.01. The molecule has 6 heteroatoms. The maximum Gasteiger partial charge on any atom is 0.335 e. The van der Waals surface area contributed by atoms with Crippen LogP contribution < -0.4 is 11.2 Å². The van der Waals surface area contributed by atoms with Crippen LogP contribution in [0.15, 0.2) is 33.9 Å². The molecule has 0 unspecified atom stereocenters. The molecule has 0 saturated carbocycles. The van der Waals surface area contributed by atoms with Gasteiger partial charge in [0.25, 0.3) is 5.56 Å². The summed E-state index contributed by atoms with van der Waals surface area (Å²) < 4.78 is 14.2. The molecule has 1 aromatic carbocycles. The number of para-hydroxylation sites is 1. The smallest absolute Gasteiger partial charge is 0.335 e. The minimum atomic E-state index is -1.38. The van der Waals surface area contributed by atoms with Crippen molar-refractivity contribution in [3.05, 3.63) is 56.5 Å². The Bertz CT molecular complexity index is 731. The van der Waals surface area contributed by atoms with Gasteiger partial charge in [0.1, 0.15) is 0 Å². The quantitative estimate of drug-likeness (QED) is 0.863. The topological polar surface area (TPSA) is 75.1 Å². The highest BCUT2D eigenvalue weighted by molar-refractivity contribution is 5.45. The lowest BCUT2D eigenvalue weighted by molar-refractivity contribution is 0.385. The number of nitrogens with zero attached hydrogens (tertiary/aromatic N) is 1. The van der Waals surface area contributed by atoms with E-state index < -0.39 is 22.9 Å². The second-order valence-corrected chi connectivity index (χ2v) is 4.45. The maximum absolute atomic E-state index is 13.4. The summed E-state index contributed by atoms with van der Waals surface area (Å²) in [7, 11) is 0. The van der Waals surface area contributed by atoms with Crippen LogP contribution in [0.25, 0.3) is 5.69 Å². The van der Waals surface area contributed by atoms with Gasteiger partial charge < -0.3 is 5.11 Å². The molecule has 0 aliphatic carbocycles. The zero-order valence-corrected chi connectivity index (χ0v) is 10.5. The number of benzene rings is 1. The van der Waals surface area contributed by atoms with Crippen LogP contribution in [-0.2, 0) is 0 Å². The van der Waals surface area contributed by atoms with Gasteiger partial charge >= 0.3 is 5.69 Å². The average Bonchev–Trinajstić information content (AvgIpc) is 2.36. The predicted octanol–water partition coefficient (Wildman–Crippen LogP) is 1.49. The summed E-state index contributed by atoms with van der Waals surface area (Å²) in [4.78, 5) is 24.7. The molecule has 0 saturated heterocycles. The van der Waals surface area contributed by atoms with E-state index in [1.165, 1.54) is 0 Å². The zero-order valence-electron chi connectivity index (χ0n) is 10.5. The Kier molecular flexibility index (Phi) is 3.25. The molecule has 0 fully saturated rings. The summed E-state index contributed by atoms with van der Waals surface area (Å²) in [5.74, 6) is -2.29. The van der Waals surface area contributed by atoms with Crippen molar-refractivity contribution in [2.24, 2.45) is 0 Å². The fraction of sp³-hybridized carbons (Fsp3) is 0.231. The first-order chi connectivity index (χ1) is 8.93. The zero-order chi connectivity index (χ0) is 14.2.